The third-order valence-electron chi connectivity index (χ3n) is 2.05. The summed E-state index contributed by atoms with van der Waals surface area (Å²) in [6.07, 6.45) is -8.58. The number of nitrogens with zero attached hydrogens (tertiary/aromatic N) is 2. The second-order valence-corrected chi connectivity index (χ2v) is 4.62. The van der Waals surface area contributed by atoms with Crippen molar-refractivity contribution in [1.29, 1.82) is 0 Å². The number of aromatic nitrogens is 2. The molecule has 0 spiro atoms. The van der Waals surface area contributed by atoms with Crippen molar-refractivity contribution in [3.05, 3.63) is 17.5 Å². The van der Waals surface area contributed by atoms with Gasteiger partial charge < -0.3 is 5.11 Å². The molecule has 1 heterocycles. The van der Waals surface area contributed by atoms with Gasteiger partial charge in [-0.2, -0.15) is 30.0 Å². The van der Waals surface area contributed by atoms with Gasteiger partial charge in [0.2, 0.25) is 0 Å². The number of thioether (sulfide) groups is 1. The number of halogens is 5. The molecule has 104 valence electrons. The van der Waals surface area contributed by atoms with Gasteiger partial charge in [0.25, 0.3) is 6.43 Å². The minimum atomic E-state index is -4.69. The Morgan fingerprint density at radius 1 is 1.44 bits per heavy atom. The van der Waals surface area contributed by atoms with E-state index in [1.54, 1.807) is 0 Å². The molecule has 0 saturated heterocycles. The molecule has 1 aromatic heterocycles. The van der Waals surface area contributed by atoms with E-state index in [-0.39, 0.29) is 11.3 Å². The lowest BCUT2D eigenvalue weighted by atomic mass is 10.3. The van der Waals surface area contributed by atoms with Gasteiger partial charge in [-0.25, -0.2) is 8.78 Å². The minimum absolute atomic E-state index is 0.0549. The molecule has 0 radical (unpaired) electrons. The van der Waals surface area contributed by atoms with E-state index in [4.69, 9.17) is 5.11 Å². The van der Waals surface area contributed by atoms with Crippen LogP contribution in [0.2, 0.25) is 0 Å². The molecule has 0 amide bonds. The largest absolute Gasteiger partial charge is 0.415 e. The number of hydrogen-bond donors (Lipinski definition) is 1. The van der Waals surface area contributed by atoms with Crippen molar-refractivity contribution >= 4 is 11.8 Å². The Hall–Kier alpha value is -0.830. The van der Waals surface area contributed by atoms with Crippen LogP contribution in [-0.2, 0) is 12.8 Å². The summed E-state index contributed by atoms with van der Waals surface area (Å²) in [7, 11) is 1.45. The molecule has 0 saturated carbocycles. The highest BCUT2D eigenvalue weighted by molar-refractivity contribution is 7.98. The monoisotopic (exact) mass is 290 g/mol. The maximum Gasteiger partial charge on any atom is 0.415 e. The zero-order valence-corrected chi connectivity index (χ0v) is 10.1. The number of hydrogen-bond acceptors (Lipinski definition) is 3. The molecule has 1 N–H and O–H groups in total. The van der Waals surface area contributed by atoms with Crippen LogP contribution < -0.4 is 0 Å². The first kappa shape index (κ1) is 15.2. The van der Waals surface area contributed by atoms with Gasteiger partial charge in [-0.15, -0.1) is 0 Å². The Balaban J connectivity index is 2.54. The fraction of sp³-hybridized carbons (Fsp3) is 0.667. The normalized spacial score (nSPS) is 14.2. The van der Waals surface area contributed by atoms with Gasteiger partial charge in [-0.1, -0.05) is 0 Å². The van der Waals surface area contributed by atoms with E-state index in [2.05, 4.69) is 5.10 Å². The minimum Gasteiger partial charge on any atom is -0.383 e. The van der Waals surface area contributed by atoms with Gasteiger partial charge in [-0.3, -0.25) is 4.68 Å². The lowest BCUT2D eigenvalue weighted by Crippen LogP contribution is -2.30. The first-order valence-corrected chi connectivity index (χ1v) is 6.00. The van der Waals surface area contributed by atoms with Crippen molar-refractivity contribution in [2.24, 2.45) is 7.05 Å². The molecule has 0 fully saturated rings. The summed E-state index contributed by atoms with van der Waals surface area (Å²) in [5, 5.41) is 12.3. The number of alkyl halides is 5. The van der Waals surface area contributed by atoms with Crippen LogP contribution in [0.4, 0.5) is 22.0 Å². The summed E-state index contributed by atoms with van der Waals surface area (Å²) in [6, 6.07) is 0. The average molecular weight is 290 g/mol. The highest BCUT2D eigenvalue weighted by Crippen LogP contribution is 2.27. The second kappa shape index (κ2) is 5.87. The standard InChI is InChI=1S/C9H11F5N2OS/c1-16-2-5(7(15-16)8(10)11)3-18-4-6(17)9(12,13)14/h2,6,8,17H,3-4H2,1H3/t6-/m0/s1. The van der Waals surface area contributed by atoms with Crippen LogP contribution in [0.1, 0.15) is 17.7 Å². The molecule has 0 aliphatic heterocycles. The highest BCUT2D eigenvalue weighted by atomic mass is 32.2. The number of aliphatic hydroxyl groups excluding tert-OH is 1. The van der Waals surface area contributed by atoms with E-state index in [1.165, 1.54) is 17.9 Å². The van der Waals surface area contributed by atoms with Crippen molar-refractivity contribution in [1.82, 2.24) is 9.78 Å². The summed E-state index contributed by atoms with van der Waals surface area (Å²) in [5.41, 5.74) is -0.265. The van der Waals surface area contributed by atoms with Crippen LogP contribution in [0.5, 0.6) is 0 Å². The lowest BCUT2D eigenvalue weighted by molar-refractivity contribution is -0.195. The summed E-state index contributed by atoms with van der Waals surface area (Å²) >= 11 is 0.730. The second-order valence-electron chi connectivity index (χ2n) is 3.59. The Kier molecular flexibility index (Phi) is 4.97. The van der Waals surface area contributed by atoms with E-state index in [0.29, 0.717) is 0 Å². The molecule has 3 nitrogen and oxygen atoms in total. The summed E-state index contributed by atoms with van der Waals surface area (Å²) < 4.78 is 62.1. The molecule has 0 aliphatic carbocycles. The Morgan fingerprint density at radius 2 is 2.06 bits per heavy atom. The molecule has 1 rings (SSSR count). The van der Waals surface area contributed by atoms with E-state index < -0.39 is 30.2 Å². The van der Waals surface area contributed by atoms with Gasteiger partial charge in [-0.05, 0) is 0 Å². The maximum atomic E-state index is 12.5. The Labute approximate surface area is 104 Å². The lowest BCUT2D eigenvalue weighted by Gasteiger charge is -2.13. The quantitative estimate of drug-likeness (QED) is 0.847. The number of aliphatic hydroxyl groups is 1. The Morgan fingerprint density at radius 3 is 2.56 bits per heavy atom. The van der Waals surface area contributed by atoms with E-state index >= 15 is 0 Å². The predicted molar refractivity (Wildman–Crippen MR) is 56.4 cm³/mol. The van der Waals surface area contributed by atoms with Crippen LogP contribution in [0.25, 0.3) is 0 Å². The first-order chi connectivity index (χ1) is 8.21. The van der Waals surface area contributed by atoms with Gasteiger partial charge >= 0.3 is 6.18 Å². The van der Waals surface area contributed by atoms with Crippen molar-refractivity contribution < 1.29 is 27.1 Å². The summed E-state index contributed by atoms with van der Waals surface area (Å²) in [5.74, 6) is -0.651. The smallest absolute Gasteiger partial charge is 0.383 e. The van der Waals surface area contributed by atoms with E-state index in [1.807, 2.05) is 0 Å². The number of aryl methyl sites for hydroxylation is 1. The fourth-order valence-corrected chi connectivity index (χ4v) is 2.20. The maximum absolute atomic E-state index is 12.5. The molecule has 1 aromatic rings. The summed E-state index contributed by atoms with van der Waals surface area (Å²) in [4.78, 5) is 0. The molecule has 9 heteroatoms. The van der Waals surface area contributed by atoms with Crippen LogP contribution in [-0.4, -0.2) is 32.9 Å². The fourth-order valence-electron chi connectivity index (χ4n) is 1.22. The van der Waals surface area contributed by atoms with Crippen LogP contribution in [0, 0.1) is 0 Å². The average Bonchev–Trinajstić information content (AvgIpc) is 2.58. The van der Waals surface area contributed by atoms with Crippen molar-refractivity contribution in [3.8, 4) is 0 Å². The molecule has 0 aromatic carbocycles. The molecular weight excluding hydrogens is 279 g/mol. The SMILES string of the molecule is Cn1cc(CSC[C@H](O)C(F)(F)F)c(C(F)F)n1. The van der Waals surface area contributed by atoms with Gasteiger partial charge in [0.15, 0.2) is 6.10 Å². The van der Waals surface area contributed by atoms with Crippen molar-refractivity contribution in [3.63, 3.8) is 0 Å². The molecule has 0 unspecified atom stereocenters. The Bertz CT molecular complexity index is 393. The first-order valence-electron chi connectivity index (χ1n) is 4.85. The molecule has 0 bridgehead atoms. The van der Waals surface area contributed by atoms with Crippen molar-refractivity contribution in [2.75, 3.05) is 5.75 Å². The van der Waals surface area contributed by atoms with E-state index in [0.717, 1.165) is 11.8 Å². The van der Waals surface area contributed by atoms with Crippen LogP contribution in [0.15, 0.2) is 6.20 Å². The molecule has 1 atom stereocenters. The van der Waals surface area contributed by atoms with Crippen LogP contribution in [0.3, 0.4) is 0 Å². The zero-order valence-electron chi connectivity index (χ0n) is 9.29. The third kappa shape index (κ3) is 4.13. The van der Waals surface area contributed by atoms with Crippen LogP contribution >= 0.6 is 11.8 Å². The van der Waals surface area contributed by atoms with Crippen molar-refractivity contribution in [2.45, 2.75) is 24.5 Å². The van der Waals surface area contributed by atoms with E-state index in [9.17, 15) is 22.0 Å². The molecule has 18 heavy (non-hydrogen) atoms. The van der Waals surface area contributed by atoms with Gasteiger partial charge in [0.1, 0.15) is 5.69 Å². The topological polar surface area (TPSA) is 38.0 Å². The zero-order chi connectivity index (χ0) is 13.9. The number of rotatable bonds is 5. The predicted octanol–water partition coefficient (Wildman–Crippen LogP) is 2.51. The molecule has 0 aliphatic rings. The third-order valence-corrected chi connectivity index (χ3v) is 3.12. The summed E-state index contributed by atoms with van der Waals surface area (Å²) in [6.45, 7) is 0. The van der Waals surface area contributed by atoms with Gasteiger partial charge in [0.05, 0.1) is 0 Å². The van der Waals surface area contributed by atoms with Gasteiger partial charge in [0, 0.05) is 30.3 Å². The molecular formula is C9H11F5N2OS. The highest BCUT2D eigenvalue weighted by Gasteiger charge is 2.37.